The van der Waals surface area contributed by atoms with Crippen molar-refractivity contribution in [2.75, 3.05) is 0 Å². The van der Waals surface area contributed by atoms with Gasteiger partial charge in [0.2, 0.25) is 0 Å². The van der Waals surface area contributed by atoms with Crippen LogP contribution in [-0.2, 0) is 0 Å². The topological polar surface area (TPSA) is 17.8 Å². The van der Waals surface area contributed by atoms with Gasteiger partial charge in [-0.25, -0.2) is 4.98 Å². The molecule has 0 radical (unpaired) electrons. The molecule has 0 amide bonds. The van der Waals surface area contributed by atoms with Gasteiger partial charge in [-0.1, -0.05) is 72.8 Å². The number of hydrogen-bond acceptors (Lipinski definition) is 2. The molecule has 6 rings (SSSR count). The van der Waals surface area contributed by atoms with Crippen molar-refractivity contribution in [1.82, 2.24) is 9.55 Å². The van der Waals surface area contributed by atoms with Crippen LogP contribution < -0.4 is 0 Å². The summed E-state index contributed by atoms with van der Waals surface area (Å²) in [6.07, 6.45) is 0. The minimum Gasteiger partial charge on any atom is -0.292 e. The molecule has 0 bridgehead atoms. The molecule has 0 aliphatic rings. The van der Waals surface area contributed by atoms with Crippen molar-refractivity contribution in [1.29, 1.82) is 0 Å². The summed E-state index contributed by atoms with van der Waals surface area (Å²) in [7, 11) is 0. The van der Waals surface area contributed by atoms with Gasteiger partial charge in [0.1, 0.15) is 5.82 Å². The minimum absolute atomic E-state index is 0.987. The quantitative estimate of drug-likeness (QED) is 0.298. The average molecular weight is 403 g/mol. The molecular weight excluding hydrogens is 384 g/mol. The Morgan fingerprint density at radius 1 is 0.633 bits per heavy atom. The molecule has 2 aromatic heterocycles. The number of rotatable bonds is 3. The molecule has 0 saturated carbocycles. The van der Waals surface area contributed by atoms with Crippen molar-refractivity contribution in [3.63, 3.8) is 0 Å². The van der Waals surface area contributed by atoms with E-state index in [9.17, 15) is 0 Å². The Hall–Kier alpha value is -3.69. The van der Waals surface area contributed by atoms with Crippen LogP contribution in [0.25, 0.3) is 49.3 Å². The molecule has 0 atom stereocenters. The molecule has 4 aromatic carbocycles. The molecule has 3 heteroatoms. The normalized spacial score (nSPS) is 11.3. The van der Waals surface area contributed by atoms with Crippen LogP contribution in [0.15, 0.2) is 109 Å². The second-order valence-electron chi connectivity index (χ2n) is 7.32. The summed E-state index contributed by atoms with van der Waals surface area (Å²) in [6.45, 7) is 0. The van der Waals surface area contributed by atoms with Gasteiger partial charge in [0, 0.05) is 26.7 Å². The Morgan fingerprint density at radius 2 is 1.33 bits per heavy atom. The van der Waals surface area contributed by atoms with Crippen molar-refractivity contribution in [3.8, 4) is 28.2 Å². The van der Waals surface area contributed by atoms with E-state index < -0.39 is 0 Å². The lowest BCUT2D eigenvalue weighted by Crippen LogP contribution is -1.97. The van der Waals surface area contributed by atoms with E-state index >= 15 is 0 Å². The van der Waals surface area contributed by atoms with Crippen molar-refractivity contribution >= 4 is 32.5 Å². The summed E-state index contributed by atoms with van der Waals surface area (Å²) in [5.74, 6) is 0.987. The van der Waals surface area contributed by atoms with Gasteiger partial charge < -0.3 is 0 Å². The zero-order chi connectivity index (χ0) is 19.9. The molecule has 0 aliphatic carbocycles. The molecule has 0 unspecified atom stereocenters. The first kappa shape index (κ1) is 17.2. The fourth-order valence-corrected chi connectivity index (χ4v) is 4.99. The summed E-state index contributed by atoms with van der Waals surface area (Å²) >= 11 is 1.77. The molecular formula is C27H18N2S. The molecule has 0 aliphatic heterocycles. The maximum Gasteiger partial charge on any atom is 0.147 e. The Balaban J connectivity index is 1.57. The Bertz CT molecular complexity index is 1470. The maximum absolute atomic E-state index is 5.03. The third-order valence-corrected chi connectivity index (χ3v) is 6.48. The lowest BCUT2D eigenvalue weighted by atomic mass is 10.1. The van der Waals surface area contributed by atoms with Crippen LogP contribution in [-0.4, -0.2) is 9.55 Å². The highest BCUT2D eigenvalue weighted by Crippen LogP contribution is 2.36. The highest BCUT2D eigenvalue weighted by atomic mass is 32.1. The lowest BCUT2D eigenvalue weighted by molar-refractivity contribution is 1.11. The van der Waals surface area contributed by atoms with Gasteiger partial charge in [0.05, 0.1) is 11.0 Å². The van der Waals surface area contributed by atoms with Crippen LogP contribution in [0.5, 0.6) is 0 Å². The molecule has 0 spiro atoms. The van der Waals surface area contributed by atoms with E-state index in [2.05, 4.69) is 101 Å². The first-order chi connectivity index (χ1) is 14.9. The lowest BCUT2D eigenvalue weighted by Gasteiger charge is -2.10. The standard InChI is InChI=1S/C27H18N2S/c1-2-8-19(9-3-1)20-14-16-21(17-15-20)29-25-12-6-5-11-24(25)28-27(29)23-18-30-26-13-7-4-10-22(23)26/h1-18H. The van der Waals surface area contributed by atoms with Gasteiger partial charge in [-0.3, -0.25) is 4.57 Å². The minimum atomic E-state index is 0.987. The largest absolute Gasteiger partial charge is 0.292 e. The third-order valence-electron chi connectivity index (χ3n) is 5.52. The first-order valence-electron chi connectivity index (χ1n) is 9.98. The number of para-hydroxylation sites is 2. The second-order valence-corrected chi connectivity index (χ2v) is 8.23. The van der Waals surface area contributed by atoms with E-state index in [1.807, 2.05) is 12.1 Å². The van der Waals surface area contributed by atoms with Crippen LogP contribution in [0.1, 0.15) is 0 Å². The number of hydrogen-bond donors (Lipinski definition) is 0. The van der Waals surface area contributed by atoms with E-state index in [0.29, 0.717) is 0 Å². The Labute approximate surface area is 178 Å². The summed E-state index contributed by atoms with van der Waals surface area (Å²) in [5.41, 5.74) is 6.87. The van der Waals surface area contributed by atoms with E-state index in [-0.39, 0.29) is 0 Å². The molecule has 142 valence electrons. The number of nitrogens with zero attached hydrogens (tertiary/aromatic N) is 2. The SMILES string of the molecule is c1ccc(-c2ccc(-n3c(-c4csc5ccccc45)nc4ccccc43)cc2)cc1. The van der Waals surface area contributed by atoms with Crippen molar-refractivity contribution in [2.24, 2.45) is 0 Å². The van der Waals surface area contributed by atoms with Crippen molar-refractivity contribution in [2.45, 2.75) is 0 Å². The van der Waals surface area contributed by atoms with Crippen molar-refractivity contribution in [3.05, 3.63) is 109 Å². The molecule has 30 heavy (non-hydrogen) atoms. The number of fused-ring (bicyclic) bond motifs is 2. The van der Waals surface area contributed by atoms with E-state index in [1.54, 1.807) is 11.3 Å². The first-order valence-corrected chi connectivity index (χ1v) is 10.9. The van der Waals surface area contributed by atoms with Gasteiger partial charge in [-0.15, -0.1) is 11.3 Å². The number of aromatic nitrogens is 2. The Morgan fingerprint density at radius 3 is 2.20 bits per heavy atom. The van der Waals surface area contributed by atoms with Gasteiger partial charge in [-0.05, 0) is 41.5 Å². The van der Waals surface area contributed by atoms with E-state index in [0.717, 1.165) is 22.5 Å². The number of imidazole rings is 1. The van der Waals surface area contributed by atoms with Crippen LogP contribution in [0, 0.1) is 0 Å². The monoisotopic (exact) mass is 402 g/mol. The highest BCUT2D eigenvalue weighted by Gasteiger charge is 2.17. The van der Waals surface area contributed by atoms with Crippen LogP contribution in [0.2, 0.25) is 0 Å². The average Bonchev–Trinajstić information content (AvgIpc) is 3.41. The molecule has 0 fully saturated rings. The fourth-order valence-electron chi connectivity index (χ4n) is 4.05. The second kappa shape index (κ2) is 6.97. The van der Waals surface area contributed by atoms with Crippen molar-refractivity contribution < 1.29 is 0 Å². The summed E-state index contributed by atoms with van der Waals surface area (Å²) < 4.78 is 3.56. The summed E-state index contributed by atoms with van der Waals surface area (Å²) in [6, 6.07) is 36.1. The fraction of sp³-hybridized carbons (Fsp3) is 0. The van der Waals surface area contributed by atoms with Crippen LogP contribution in [0.3, 0.4) is 0 Å². The van der Waals surface area contributed by atoms with Gasteiger partial charge in [0.25, 0.3) is 0 Å². The molecule has 0 N–H and O–H groups in total. The Kier molecular flexibility index (Phi) is 4.00. The smallest absolute Gasteiger partial charge is 0.147 e. The predicted octanol–water partition coefficient (Wildman–Crippen LogP) is 7.57. The zero-order valence-electron chi connectivity index (χ0n) is 16.2. The number of benzene rings is 4. The third kappa shape index (κ3) is 2.75. The summed E-state index contributed by atoms with van der Waals surface area (Å²) in [4.78, 5) is 5.03. The van der Waals surface area contributed by atoms with Crippen LogP contribution >= 0.6 is 11.3 Å². The predicted molar refractivity (Wildman–Crippen MR) is 127 cm³/mol. The van der Waals surface area contributed by atoms with Gasteiger partial charge in [0.15, 0.2) is 0 Å². The molecule has 2 nitrogen and oxygen atoms in total. The van der Waals surface area contributed by atoms with E-state index in [1.165, 1.54) is 26.8 Å². The van der Waals surface area contributed by atoms with Gasteiger partial charge in [-0.2, -0.15) is 0 Å². The molecule has 0 saturated heterocycles. The summed E-state index contributed by atoms with van der Waals surface area (Å²) in [5, 5.41) is 3.47. The highest BCUT2D eigenvalue weighted by molar-refractivity contribution is 7.17. The molecule has 6 aromatic rings. The molecule has 2 heterocycles. The van der Waals surface area contributed by atoms with Gasteiger partial charge >= 0.3 is 0 Å². The van der Waals surface area contributed by atoms with E-state index in [4.69, 9.17) is 4.98 Å². The van der Waals surface area contributed by atoms with Crippen LogP contribution in [0.4, 0.5) is 0 Å². The maximum atomic E-state index is 5.03. The zero-order valence-corrected chi connectivity index (χ0v) is 17.0. The number of thiophene rings is 1.